The molecular weight excluding hydrogens is 192 g/mol. The minimum atomic E-state index is 0.252. The van der Waals surface area contributed by atoms with E-state index in [1.807, 2.05) is 32.2 Å². The van der Waals surface area contributed by atoms with E-state index >= 15 is 0 Å². The van der Waals surface area contributed by atoms with Gasteiger partial charge in [0.2, 0.25) is 0 Å². The Morgan fingerprint density at radius 2 is 2.07 bits per heavy atom. The molecule has 0 radical (unpaired) electrons. The van der Waals surface area contributed by atoms with E-state index in [2.05, 4.69) is 12.1 Å². The molecule has 0 aliphatic rings. The Morgan fingerprint density at radius 3 is 2.50 bits per heavy atom. The van der Waals surface area contributed by atoms with E-state index in [4.69, 9.17) is 10.5 Å². The lowest BCUT2D eigenvalue weighted by Crippen LogP contribution is -1.86. The maximum atomic E-state index is 8.55. The molecule has 0 amide bonds. The largest absolute Gasteiger partial charge is 0.198 e. The van der Waals surface area contributed by atoms with Crippen molar-refractivity contribution >= 4 is 11.3 Å². The van der Waals surface area contributed by atoms with Crippen LogP contribution in [0.25, 0.3) is 0 Å². The van der Waals surface area contributed by atoms with Gasteiger partial charge in [0.15, 0.2) is 0 Å². The van der Waals surface area contributed by atoms with Crippen LogP contribution in [0.1, 0.15) is 43.6 Å². The molecule has 1 aromatic rings. The molecule has 1 atom stereocenters. The zero-order valence-electron chi connectivity index (χ0n) is 8.74. The Balaban J connectivity index is 0.000000791. The smallest absolute Gasteiger partial charge is 0.100 e. The van der Waals surface area contributed by atoms with E-state index in [1.165, 1.54) is 0 Å². The number of rotatable bonds is 2. The number of hydrogen-bond donors (Lipinski definition) is 0. The molecule has 0 N–H and O–H groups in total. The van der Waals surface area contributed by atoms with Gasteiger partial charge in [-0.15, -0.1) is 11.3 Å². The maximum Gasteiger partial charge on any atom is 0.100 e. The Labute approximate surface area is 89.4 Å². The van der Waals surface area contributed by atoms with Gasteiger partial charge in [0.1, 0.15) is 6.07 Å². The first-order valence-corrected chi connectivity index (χ1v) is 5.51. The standard InChI is InChI=1S/C9H8N2S.C2H6/c1-7(2-3-10)9-4-8(5-11)6-12-9;1-2/h4,6-7H,2H2,1H3;1-2H3. The van der Waals surface area contributed by atoms with Crippen LogP contribution >= 0.6 is 11.3 Å². The molecule has 1 rings (SSSR count). The van der Waals surface area contributed by atoms with Gasteiger partial charge >= 0.3 is 0 Å². The van der Waals surface area contributed by atoms with Crippen LogP contribution < -0.4 is 0 Å². The van der Waals surface area contributed by atoms with Gasteiger partial charge in [0.05, 0.1) is 11.6 Å². The molecule has 0 aromatic carbocycles. The third-order valence-corrected chi connectivity index (χ3v) is 2.80. The molecule has 2 nitrogen and oxygen atoms in total. The lowest BCUT2D eigenvalue weighted by atomic mass is 10.1. The average Bonchev–Trinajstić information content (AvgIpc) is 2.69. The summed E-state index contributed by atoms with van der Waals surface area (Å²) in [6.45, 7) is 6.00. The minimum Gasteiger partial charge on any atom is -0.198 e. The number of nitrogens with zero attached hydrogens (tertiary/aromatic N) is 2. The molecule has 0 bridgehead atoms. The Bertz CT molecular complexity index is 341. The molecular formula is C11H14N2S. The third kappa shape index (κ3) is 3.60. The van der Waals surface area contributed by atoms with E-state index < -0.39 is 0 Å². The predicted octanol–water partition coefficient (Wildman–Crippen LogP) is 3.66. The number of thiophene rings is 1. The first-order chi connectivity index (χ1) is 6.77. The highest BCUT2D eigenvalue weighted by Gasteiger charge is 2.07. The third-order valence-electron chi connectivity index (χ3n) is 1.63. The molecule has 74 valence electrons. The van der Waals surface area contributed by atoms with Crippen LogP contribution in [0.15, 0.2) is 11.4 Å². The van der Waals surface area contributed by atoms with Crippen LogP contribution in [0.4, 0.5) is 0 Å². The zero-order chi connectivity index (χ0) is 11.0. The quantitative estimate of drug-likeness (QED) is 0.741. The molecule has 1 aromatic heterocycles. The van der Waals surface area contributed by atoms with Crippen molar-refractivity contribution in [1.82, 2.24) is 0 Å². The van der Waals surface area contributed by atoms with Gasteiger partial charge in [0, 0.05) is 22.6 Å². The second kappa shape index (κ2) is 7.12. The SMILES string of the molecule is CC.CC(CC#N)c1cc(C#N)cs1. The van der Waals surface area contributed by atoms with Crippen LogP contribution in [0.3, 0.4) is 0 Å². The fourth-order valence-corrected chi connectivity index (χ4v) is 1.80. The lowest BCUT2D eigenvalue weighted by molar-refractivity contribution is 0.806. The fourth-order valence-electron chi connectivity index (χ4n) is 0.907. The highest BCUT2D eigenvalue weighted by atomic mass is 32.1. The molecule has 0 aliphatic carbocycles. The second-order valence-corrected chi connectivity index (χ2v) is 3.56. The minimum absolute atomic E-state index is 0.252. The highest BCUT2D eigenvalue weighted by molar-refractivity contribution is 7.10. The zero-order valence-corrected chi connectivity index (χ0v) is 9.56. The van der Waals surface area contributed by atoms with Gasteiger partial charge in [-0.25, -0.2) is 0 Å². The summed E-state index contributed by atoms with van der Waals surface area (Å²) in [5, 5.41) is 18.8. The molecule has 0 spiro atoms. The summed E-state index contributed by atoms with van der Waals surface area (Å²) in [4.78, 5) is 1.12. The topological polar surface area (TPSA) is 47.6 Å². The van der Waals surface area contributed by atoms with Crippen molar-refractivity contribution in [1.29, 1.82) is 10.5 Å². The predicted molar refractivity (Wildman–Crippen MR) is 59.0 cm³/mol. The van der Waals surface area contributed by atoms with Gasteiger partial charge in [-0.1, -0.05) is 20.8 Å². The Kier molecular flexibility index (Phi) is 6.45. The summed E-state index contributed by atoms with van der Waals surface area (Å²) >= 11 is 1.55. The van der Waals surface area contributed by atoms with Gasteiger partial charge in [0.25, 0.3) is 0 Å². The average molecular weight is 206 g/mol. The van der Waals surface area contributed by atoms with Gasteiger partial charge < -0.3 is 0 Å². The summed E-state index contributed by atoms with van der Waals surface area (Å²) in [5.41, 5.74) is 0.694. The van der Waals surface area contributed by atoms with Crippen molar-refractivity contribution in [3.8, 4) is 12.1 Å². The summed E-state index contributed by atoms with van der Waals surface area (Å²) in [6.07, 6.45) is 0.519. The van der Waals surface area contributed by atoms with Gasteiger partial charge in [-0.2, -0.15) is 10.5 Å². The number of hydrogen-bond acceptors (Lipinski definition) is 3. The molecule has 3 heteroatoms. The van der Waals surface area contributed by atoms with Crippen molar-refractivity contribution in [2.45, 2.75) is 33.1 Å². The normalized spacial score (nSPS) is 10.4. The van der Waals surface area contributed by atoms with Crippen molar-refractivity contribution < 1.29 is 0 Å². The molecule has 1 unspecified atom stereocenters. The molecule has 0 saturated heterocycles. The van der Waals surface area contributed by atoms with Gasteiger partial charge in [-0.05, 0) is 6.07 Å². The van der Waals surface area contributed by atoms with Crippen molar-refractivity contribution in [3.63, 3.8) is 0 Å². The van der Waals surface area contributed by atoms with E-state index in [-0.39, 0.29) is 5.92 Å². The highest BCUT2D eigenvalue weighted by Crippen LogP contribution is 2.25. The first kappa shape index (κ1) is 12.7. The van der Waals surface area contributed by atoms with Crippen molar-refractivity contribution in [2.24, 2.45) is 0 Å². The number of nitriles is 2. The summed E-state index contributed by atoms with van der Waals surface area (Å²) < 4.78 is 0. The van der Waals surface area contributed by atoms with E-state index in [0.717, 1.165) is 4.88 Å². The maximum absolute atomic E-state index is 8.55. The van der Waals surface area contributed by atoms with E-state index in [0.29, 0.717) is 12.0 Å². The summed E-state index contributed by atoms with van der Waals surface area (Å²) in [7, 11) is 0. The second-order valence-electron chi connectivity index (χ2n) is 2.61. The molecule has 0 fully saturated rings. The molecule has 14 heavy (non-hydrogen) atoms. The first-order valence-electron chi connectivity index (χ1n) is 4.63. The van der Waals surface area contributed by atoms with Crippen LogP contribution in [-0.2, 0) is 0 Å². The fraction of sp³-hybridized carbons (Fsp3) is 0.455. The monoisotopic (exact) mass is 206 g/mol. The Morgan fingerprint density at radius 1 is 1.43 bits per heavy atom. The van der Waals surface area contributed by atoms with Crippen molar-refractivity contribution in [2.75, 3.05) is 0 Å². The summed E-state index contributed by atoms with van der Waals surface area (Å²) in [5.74, 6) is 0.252. The molecule has 0 aliphatic heterocycles. The van der Waals surface area contributed by atoms with Crippen molar-refractivity contribution in [3.05, 3.63) is 21.9 Å². The van der Waals surface area contributed by atoms with E-state index in [1.54, 1.807) is 11.3 Å². The van der Waals surface area contributed by atoms with Crippen LogP contribution in [0.2, 0.25) is 0 Å². The van der Waals surface area contributed by atoms with Crippen LogP contribution in [0, 0.1) is 22.7 Å². The lowest BCUT2D eigenvalue weighted by Gasteiger charge is -2.00. The Hall–Kier alpha value is -1.32. The molecule has 1 heterocycles. The molecule has 0 saturated carbocycles. The van der Waals surface area contributed by atoms with Crippen LogP contribution in [0.5, 0.6) is 0 Å². The van der Waals surface area contributed by atoms with Gasteiger partial charge in [-0.3, -0.25) is 0 Å². The summed E-state index contributed by atoms with van der Waals surface area (Å²) in [6, 6.07) is 6.04. The van der Waals surface area contributed by atoms with Crippen LogP contribution in [-0.4, -0.2) is 0 Å². The van der Waals surface area contributed by atoms with E-state index in [9.17, 15) is 0 Å².